The van der Waals surface area contributed by atoms with Crippen LogP contribution in [-0.2, 0) is 9.84 Å². The molecule has 0 saturated carbocycles. The maximum absolute atomic E-state index is 9.90. The highest BCUT2D eigenvalue weighted by Gasteiger charge is 1.97. The molecule has 0 aliphatic heterocycles. The molecule has 0 aliphatic rings. The van der Waals surface area contributed by atoms with Gasteiger partial charge in [0.2, 0.25) is 0 Å². The van der Waals surface area contributed by atoms with Gasteiger partial charge in [0.05, 0.1) is 19.8 Å². The van der Waals surface area contributed by atoms with Crippen LogP contribution in [0, 0.1) is 0 Å². The van der Waals surface area contributed by atoms with Crippen LogP contribution < -0.4 is 0 Å². The van der Waals surface area contributed by atoms with E-state index in [1.165, 1.54) is 0 Å². The van der Waals surface area contributed by atoms with Gasteiger partial charge in [0.15, 0.2) is 6.29 Å². The molecule has 0 spiro atoms. The van der Waals surface area contributed by atoms with E-state index in [-0.39, 0.29) is 26.2 Å². The molecule has 1 atom stereocenters. The van der Waals surface area contributed by atoms with Crippen LogP contribution in [0.15, 0.2) is 0 Å². The first-order valence-corrected chi connectivity index (χ1v) is 2.80. The summed E-state index contributed by atoms with van der Waals surface area (Å²) < 4.78 is 4.68. The first-order chi connectivity index (χ1) is 4.27. The molecule has 1 unspecified atom stereocenters. The molecular formula is C5H11O4. The van der Waals surface area contributed by atoms with Gasteiger partial charge in [0.25, 0.3) is 0 Å². The molecule has 4 nitrogen and oxygen atoms in total. The molecule has 0 rings (SSSR count). The molecule has 1 radical (unpaired) electrons. The highest BCUT2D eigenvalue weighted by atomic mass is 16.5. The number of ether oxygens (including phenoxy) is 1. The highest BCUT2D eigenvalue weighted by Crippen LogP contribution is 1.86. The Hall–Kier alpha value is -0.160. The summed E-state index contributed by atoms with van der Waals surface area (Å²) in [6, 6.07) is 0. The van der Waals surface area contributed by atoms with Crippen LogP contribution in [-0.4, -0.2) is 36.3 Å². The second kappa shape index (κ2) is 5.97. The van der Waals surface area contributed by atoms with E-state index in [1.807, 2.05) is 0 Å². The van der Waals surface area contributed by atoms with Gasteiger partial charge in [-0.15, -0.1) is 0 Å². The second-order valence-corrected chi connectivity index (χ2v) is 1.58. The Bertz CT molecular complexity index is 54.9. The second-order valence-electron chi connectivity index (χ2n) is 1.58. The fraction of sp³-hybridized carbons (Fsp3) is 1.00. The van der Waals surface area contributed by atoms with E-state index < -0.39 is 6.29 Å². The molecule has 2 N–H and O–H groups in total. The summed E-state index contributed by atoms with van der Waals surface area (Å²) in [6.07, 6.45) is -1.47. The number of aliphatic hydroxyl groups excluding tert-OH is 2. The normalized spacial score (nSPS) is 10.7. The summed E-state index contributed by atoms with van der Waals surface area (Å²) in [6.45, 7) is 0.396. The molecule has 0 fully saturated rings. The summed E-state index contributed by atoms with van der Waals surface area (Å²) in [4.78, 5) is 0. The molecule has 0 aromatic heterocycles. The molecule has 4 heteroatoms. The average molecular weight is 135 g/mol. The Labute approximate surface area is 53.7 Å². The molecule has 9 heavy (non-hydrogen) atoms. The van der Waals surface area contributed by atoms with Crippen molar-refractivity contribution in [2.24, 2.45) is 0 Å². The monoisotopic (exact) mass is 135 g/mol. The van der Waals surface area contributed by atoms with Crippen LogP contribution in [0.3, 0.4) is 0 Å². The van der Waals surface area contributed by atoms with Crippen LogP contribution in [0.25, 0.3) is 0 Å². The van der Waals surface area contributed by atoms with Gasteiger partial charge in [-0.2, -0.15) is 0 Å². The minimum atomic E-state index is -1.55. The van der Waals surface area contributed by atoms with Gasteiger partial charge in [-0.3, -0.25) is 0 Å². The number of aliphatic hydroxyl groups is 2. The van der Waals surface area contributed by atoms with E-state index in [9.17, 15) is 5.11 Å². The van der Waals surface area contributed by atoms with Crippen molar-refractivity contribution in [3.8, 4) is 0 Å². The largest absolute Gasteiger partial charge is 0.394 e. The topological polar surface area (TPSA) is 69.6 Å². The van der Waals surface area contributed by atoms with E-state index in [4.69, 9.17) is 10.2 Å². The summed E-state index contributed by atoms with van der Waals surface area (Å²) in [5.41, 5.74) is 0. The fourth-order valence-electron chi connectivity index (χ4n) is 0.351. The lowest BCUT2D eigenvalue weighted by atomic mass is 10.4. The van der Waals surface area contributed by atoms with Crippen LogP contribution in [0.2, 0.25) is 0 Å². The third kappa shape index (κ3) is 7.84. The Morgan fingerprint density at radius 3 is 2.56 bits per heavy atom. The van der Waals surface area contributed by atoms with Gasteiger partial charge >= 0.3 is 0 Å². The maximum atomic E-state index is 9.90. The summed E-state index contributed by atoms with van der Waals surface area (Å²) in [5.74, 6) is 0. The minimum absolute atomic E-state index is 0.0467. The van der Waals surface area contributed by atoms with Crippen molar-refractivity contribution in [3.05, 3.63) is 0 Å². The molecule has 0 amide bonds. The Morgan fingerprint density at radius 1 is 1.44 bits per heavy atom. The Morgan fingerprint density at radius 2 is 2.11 bits per heavy atom. The minimum Gasteiger partial charge on any atom is -0.394 e. The quantitative estimate of drug-likeness (QED) is 0.380. The standard InChI is InChI=1S/C5H11O4/c6-2-4-9-3-1-5(7)8/h5-7H,1-4H2. The summed E-state index contributed by atoms with van der Waals surface area (Å²) in [7, 11) is 0. The Kier molecular flexibility index (Phi) is 5.86. The van der Waals surface area contributed by atoms with Crippen LogP contribution in [0.5, 0.6) is 0 Å². The number of rotatable bonds is 5. The predicted octanol–water partition coefficient (Wildman–Crippen LogP) is -0.866. The van der Waals surface area contributed by atoms with Gasteiger partial charge in [-0.05, 0) is 0 Å². The van der Waals surface area contributed by atoms with Crippen molar-refractivity contribution in [2.75, 3.05) is 19.8 Å². The van der Waals surface area contributed by atoms with Gasteiger partial charge in [-0.1, -0.05) is 0 Å². The van der Waals surface area contributed by atoms with Crippen molar-refractivity contribution in [1.82, 2.24) is 0 Å². The zero-order chi connectivity index (χ0) is 7.11. The van der Waals surface area contributed by atoms with Crippen LogP contribution in [0.1, 0.15) is 6.42 Å². The molecule has 55 valence electrons. The van der Waals surface area contributed by atoms with Crippen molar-refractivity contribution in [1.29, 1.82) is 0 Å². The molecule has 0 heterocycles. The van der Waals surface area contributed by atoms with E-state index in [0.29, 0.717) is 0 Å². The lowest BCUT2D eigenvalue weighted by molar-refractivity contribution is -0.107. The van der Waals surface area contributed by atoms with E-state index in [2.05, 4.69) is 4.74 Å². The number of hydrogen-bond acceptors (Lipinski definition) is 3. The zero-order valence-corrected chi connectivity index (χ0v) is 5.12. The van der Waals surface area contributed by atoms with E-state index >= 15 is 0 Å². The first-order valence-electron chi connectivity index (χ1n) is 2.80. The average Bonchev–Trinajstić information content (AvgIpc) is 1.80. The van der Waals surface area contributed by atoms with Crippen LogP contribution >= 0.6 is 0 Å². The van der Waals surface area contributed by atoms with Gasteiger partial charge in [0, 0.05) is 6.42 Å². The van der Waals surface area contributed by atoms with Gasteiger partial charge < -0.3 is 14.9 Å². The lowest BCUT2D eigenvalue weighted by Gasteiger charge is -2.00. The van der Waals surface area contributed by atoms with Crippen molar-refractivity contribution in [2.45, 2.75) is 12.7 Å². The van der Waals surface area contributed by atoms with Gasteiger partial charge in [-0.25, -0.2) is 5.11 Å². The van der Waals surface area contributed by atoms with Crippen molar-refractivity contribution < 1.29 is 20.1 Å². The first kappa shape index (κ1) is 8.84. The SMILES string of the molecule is [O]C(O)CCOCCO. The molecule has 0 bridgehead atoms. The van der Waals surface area contributed by atoms with Gasteiger partial charge in [0.1, 0.15) is 0 Å². The Balaban J connectivity index is 2.75. The zero-order valence-electron chi connectivity index (χ0n) is 5.12. The molecular weight excluding hydrogens is 124 g/mol. The van der Waals surface area contributed by atoms with Crippen molar-refractivity contribution in [3.63, 3.8) is 0 Å². The molecule has 0 saturated heterocycles. The highest BCUT2D eigenvalue weighted by molar-refractivity contribution is 4.35. The third-order valence-electron chi connectivity index (χ3n) is 0.745. The van der Waals surface area contributed by atoms with E-state index in [1.54, 1.807) is 0 Å². The molecule has 0 aromatic rings. The number of hydrogen-bond donors (Lipinski definition) is 2. The fourth-order valence-corrected chi connectivity index (χ4v) is 0.351. The van der Waals surface area contributed by atoms with Crippen molar-refractivity contribution >= 4 is 0 Å². The summed E-state index contributed by atoms with van der Waals surface area (Å²) in [5, 5.41) is 26.2. The predicted molar refractivity (Wildman–Crippen MR) is 29.2 cm³/mol. The third-order valence-corrected chi connectivity index (χ3v) is 0.745. The van der Waals surface area contributed by atoms with Crippen LogP contribution in [0.4, 0.5) is 0 Å². The molecule has 0 aliphatic carbocycles. The smallest absolute Gasteiger partial charge is 0.191 e. The lowest BCUT2D eigenvalue weighted by Crippen LogP contribution is -2.08. The molecule has 0 aromatic carbocycles. The maximum Gasteiger partial charge on any atom is 0.191 e. The summed E-state index contributed by atoms with van der Waals surface area (Å²) >= 11 is 0. The van der Waals surface area contributed by atoms with E-state index in [0.717, 1.165) is 0 Å².